The molecule has 0 spiro atoms. The molecule has 0 atom stereocenters. The summed E-state index contributed by atoms with van der Waals surface area (Å²) in [5.74, 6) is -0.872. The minimum atomic E-state index is -0.600. The van der Waals surface area contributed by atoms with Crippen LogP contribution in [0.5, 0.6) is 0 Å². The number of hydrogen-bond donors (Lipinski definition) is 2. The molecule has 9 heteroatoms. The molecule has 3 rings (SSSR count). The van der Waals surface area contributed by atoms with E-state index < -0.39 is 23.0 Å². The molecule has 7 nitrogen and oxygen atoms in total. The number of aryl methyl sites for hydroxylation is 1. The molecule has 0 fully saturated rings. The van der Waals surface area contributed by atoms with Crippen LogP contribution in [0.1, 0.15) is 29.3 Å². The molecule has 140 valence electrons. The van der Waals surface area contributed by atoms with Crippen molar-refractivity contribution < 1.29 is 9.18 Å². The summed E-state index contributed by atoms with van der Waals surface area (Å²) in [5, 5.41) is 2.82. The van der Waals surface area contributed by atoms with Crippen LogP contribution in [-0.4, -0.2) is 20.4 Å². The van der Waals surface area contributed by atoms with Crippen molar-refractivity contribution >= 4 is 32.9 Å². The summed E-state index contributed by atoms with van der Waals surface area (Å²) in [5.41, 5.74) is -0.156. The average Bonchev–Trinajstić information content (AvgIpc) is 2.65. The number of carbonyl (C=O) groups is 1. The lowest BCUT2D eigenvalue weighted by Crippen LogP contribution is -2.31. The van der Waals surface area contributed by atoms with Crippen LogP contribution in [0.2, 0.25) is 0 Å². The fourth-order valence-corrected chi connectivity index (χ4v) is 3.07. The van der Waals surface area contributed by atoms with Crippen LogP contribution in [0, 0.1) is 5.82 Å². The van der Waals surface area contributed by atoms with Crippen molar-refractivity contribution in [2.75, 3.05) is 0 Å². The minimum absolute atomic E-state index is 0.0981. The van der Waals surface area contributed by atoms with Gasteiger partial charge in [-0.2, -0.15) is 0 Å². The van der Waals surface area contributed by atoms with E-state index in [1.807, 2.05) is 6.92 Å². The normalized spacial score (nSPS) is 10.9. The first-order valence-electron chi connectivity index (χ1n) is 8.25. The van der Waals surface area contributed by atoms with Gasteiger partial charge in [0, 0.05) is 23.8 Å². The van der Waals surface area contributed by atoms with Gasteiger partial charge in [-0.05, 0) is 36.2 Å². The van der Waals surface area contributed by atoms with E-state index in [4.69, 9.17) is 0 Å². The maximum Gasteiger partial charge on any atom is 0.329 e. The Balaban J connectivity index is 1.90. The first kappa shape index (κ1) is 19.0. The summed E-state index contributed by atoms with van der Waals surface area (Å²) in [6, 6.07) is 5.57. The molecular weight excluding hydrogens is 419 g/mol. The summed E-state index contributed by atoms with van der Waals surface area (Å²) < 4.78 is 15.4. The summed E-state index contributed by atoms with van der Waals surface area (Å²) in [6.45, 7) is 2.40. The molecule has 0 aliphatic heterocycles. The van der Waals surface area contributed by atoms with Crippen LogP contribution in [0.25, 0.3) is 11.0 Å². The van der Waals surface area contributed by atoms with E-state index >= 15 is 0 Å². The van der Waals surface area contributed by atoms with Crippen molar-refractivity contribution in [3.05, 3.63) is 72.7 Å². The van der Waals surface area contributed by atoms with Crippen molar-refractivity contribution in [3.8, 4) is 0 Å². The highest BCUT2D eigenvalue weighted by atomic mass is 79.9. The van der Waals surface area contributed by atoms with Gasteiger partial charge in [0.15, 0.2) is 0 Å². The maximum atomic E-state index is 13.3. The van der Waals surface area contributed by atoms with E-state index in [2.05, 4.69) is 31.2 Å². The molecule has 1 aromatic carbocycles. The monoisotopic (exact) mass is 434 g/mol. The van der Waals surface area contributed by atoms with Gasteiger partial charge in [0.2, 0.25) is 0 Å². The Kier molecular flexibility index (Phi) is 5.50. The topological polar surface area (TPSA) is 96.9 Å². The van der Waals surface area contributed by atoms with Crippen molar-refractivity contribution in [1.29, 1.82) is 0 Å². The number of amides is 1. The number of aromatic nitrogens is 3. The highest BCUT2D eigenvalue weighted by molar-refractivity contribution is 9.10. The number of H-pyrrole nitrogens is 1. The lowest BCUT2D eigenvalue weighted by Gasteiger charge is -2.10. The number of rotatable bonds is 5. The fraction of sp³-hybridized carbons (Fsp3) is 0.222. The molecule has 0 unspecified atom stereocenters. The van der Waals surface area contributed by atoms with Gasteiger partial charge in [0.25, 0.3) is 11.5 Å². The van der Waals surface area contributed by atoms with Gasteiger partial charge in [-0.15, -0.1) is 0 Å². The van der Waals surface area contributed by atoms with Gasteiger partial charge in [-0.25, -0.2) is 14.2 Å². The second kappa shape index (κ2) is 7.83. The highest BCUT2D eigenvalue weighted by Gasteiger charge is 2.13. The molecular formula is C18H16BrFN4O3. The number of hydrogen-bond acceptors (Lipinski definition) is 4. The van der Waals surface area contributed by atoms with Crippen molar-refractivity contribution in [2.45, 2.75) is 26.4 Å². The molecule has 3 aromatic rings. The second-order valence-corrected chi connectivity index (χ2v) is 6.78. The lowest BCUT2D eigenvalue weighted by molar-refractivity contribution is 0.0950. The number of nitrogens with zero attached hydrogens (tertiary/aromatic N) is 2. The van der Waals surface area contributed by atoms with Crippen LogP contribution in [0.4, 0.5) is 4.39 Å². The minimum Gasteiger partial charge on any atom is -0.348 e. The summed E-state index contributed by atoms with van der Waals surface area (Å²) in [4.78, 5) is 42.8. The molecule has 0 bridgehead atoms. The SMILES string of the molecule is CCCn1c(=O)[nH]c(=O)c2cc(C(=O)NCc3cc(F)ccc3Br)cnc21. The molecule has 2 aromatic heterocycles. The largest absolute Gasteiger partial charge is 0.348 e. The first-order chi connectivity index (χ1) is 12.9. The van der Waals surface area contributed by atoms with Gasteiger partial charge < -0.3 is 5.32 Å². The zero-order valence-corrected chi connectivity index (χ0v) is 16.0. The first-order valence-corrected chi connectivity index (χ1v) is 9.05. The quantitative estimate of drug-likeness (QED) is 0.643. The number of fused-ring (bicyclic) bond motifs is 1. The van der Waals surface area contributed by atoms with Crippen LogP contribution in [-0.2, 0) is 13.1 Å². The summed E-state index contributed by atoms with van der Waals surface area (Å²) in [6.07, 6.45) is 2.00. The maximum absolute atomic E-state index is 13.3. The standard InChI is InChI=1S/C18H16BrFN4O3/c1-2-5-24-15-13(17(26)23-18(24)27)7-11(9-21-15)16(25)22-8-10-6-12(20)3-4-14(10)19/h3-4,6-7,9H,2,5,8H2,1H3,(H,22,25)(H,23,26,27). The van der Waals surface area contributed by atoms with Crippen LogP contribution < -0.4 is 16.6 Å². The summed E-state index contributed by atoms with van der Waals surface area (Å²) in [7, 11) is 0. The van der Waals surface area contributed by atoms with Gasteiger partial charge in [-0.1, -0.05) is 22.9 Å². The van der Waals surface area contributed by atoms with E-state index in [-0.39, 0.29) is 23.1 Å². The molecule has 2 heterocycles. The number of nitrogens with one attached hydrogen (secondary N) is 2. The summed E-state index contributed by atoms with van der Waals surface area (Å²) >= 11 is 3.30. The Morgan fingerprint density at radius 1 is 1.33 bits per heavy atom. The lowest BCUT2D eigenvalue weighted by atomic mass is 10.2. The molecule has 0 aliphatic rings. The van der Waals surface area contributed by atoms with Crippen LogP contribution in [0.3, 0.4) is 0 Å². The Morgan fingerprint density at radius 2 is 2.11 bits per heavy atom. The molecule has 27 heavy (non-hydrogen) atoms. The Bertz CT molecular complexity index is 1140. The van der Waals surface area contributed by atoms with Crippen molar-refractivity contribution in [1.82, 2.24) is 19.9 Å². The van der Waals surface area contributed by atoms with Crippen LogP contribution >= 0.6 is 15.9 Å². The Hall–Kier alpha value is -2.81. The Morgan fingerprint density at radius 3 is 2.85 bits per heavy atom. The van der Waals surface area contributed by atoms with E-state index in [1.165, 1.54) is 29.0 Å². The fourth-order valence-electron chi connectivity index (χ4n) is 2.68. The van der Waals surface area contributed by atoms with E-state index in [0.29, 0.717) is 23.0 Å². The molecule has 0 saturated carbocycles. The van der Waals surface area contributed by atoms with Crippen molar-refractivity contribution in [2.24, 2.45) is 0 Å². The predicted molar refractivity (Wildman–Crippen MR) is 102 cm³/mol. The second-order valence-electron chi connectivity index (χ2n) is 5.92. The van der Waals surface area contributed by atoms with Gasteiger partial charge >= 0.3 is 5.69 Å². The molecule has 0 radical (unpaired) electrons. The van der Waals surface area contributed by atoms with E-state index in [0.717, 1.165) is 0 Å². The van der Waals surface area contributed by atoms with Crippen LogP contribution in [0.15, 0.2) is 44.5 Å². The predicted octanol–water partition coefficient (Wildman–Crippen LogP) is 2.33. The number of pyridine rings is 1. The highest BCUT2D eigenvalue weighted by Crippen LogP contribution is 2.18. The molecule has 0 saturated heterocycles. The van der Waals surface area contributed by atoms with E-state index in [1.54, 1.807) is 6.07 Å². The smallest absolute Gasteiger partial charge is 0.329 e. The molecule has 1 amide bonds. The Labute approximate surface area is 161 Å². The number of benzene rings is 1. The average molecular weight is 435 g/mol. The number of halogens is 2. The molecule has 0 aliphatic carbocycles. The third kappa shape index (κ3) is 3.97. The number of carbonyl (C=O) groups excluding carboxylic acids is 1. The zero-order valence-electron chi connectivity index (χ0n) is 14.4. The van der Waals surface area contributed by atoms with Gasteiger partial charge in [0.05, 0.1) is 10.9 Å². The third-order valence-electron chi connectivity index (χ3n) is 3.99. The zero-order chi connectivity index (χ0) is 19.6. The third-order valence-corrected chi connectivity index (χ3v) is 4.76. The van der Waals surface area contributed by atoms with Crippen molar-refractivity contribution in [3.63, 3.8) is 0 Å². The number of aromatic amines is 1. The van der Waals surface area contributed by atoms with Gasteiger partial charge in [-0.3, -0.25) is 19.1 Å². The van der Waals surface area contributed by atoms with E-state index in [9.17, 15) is 18.8 Å². The molecule has 2 N–H and O–H groups in total. The van der Waals surface area contributed by atoms with Gasteiger partial charge in [0.1, 0.15) is 11.5 Å².